The fourth-order valence-electron chi connectivity index (χ4n) is 2.05. The minimum absolute atomic E-state index is 0.189. The number of hydrogen-bond acceptors (Lipinski definition) is 1. The Labute approximate surface area is 108 Å². The van der Waals surface area contributed by atoms with E-state index in [1.165, 1.54) is 31.7 Å². The van der Waals surface area contributed by atoms with Crippen molar-refractivity contribution in [2.75, 3.05) is 0 Å². The Bertz CT molecular complexity index is 352. The van der Waals surface area contributed by atoms with Crippen molar-refractivity contribution in [1.29, 1.82) is 0 Å². The van der Waals surface area contributed by atoms with Crippen LogP contribution in [0, 0.1) is 11.6 Å². The number of benzene rings is 1. The highest BCUT2D eigenvalue weighted by Gasteiger charge is 2.09. The molecule has 0 heterocycles. The first-order chi connectivity index (χ1) is 8.65. The Morgan fingerprint density at radius 1 is 1.00 bits per heavy atom. The fraction of sp³-hybridized carbons (Fsp3) is 0.600. The van der Waals surface area contributed by atoms with Crippen molar-refractivity contribution in [1.82, 2.24) is 0 Å². The molecule has 0 saturated carbocycles. The van der Waals surface area contributed by atoms with Crippen molar-refractivity contribution < 1.29 is 8.78 Å². The summed E-state index contributed by atoms with van der Waals surface area (Å²) in [5.74, 6) is -1.63. The van der Waals surface area contributed by atoms with Crippen LogP contribution in [0.5, 0.6) is 0 Å². The SMILES string of the molecule is CCCCCCCCC(N)c1ccc(F)c(F)c1. The summed E-state index contributed by atoms with van der Waals surface area (Å²) in [7, 11) is 0. The highest BCUT2D eigenvalue weighted by atomic mass is 19.2. The fourth-order valence-corrected chi connectivity index (χ4v) is 2.05. The number of nitrogens with two attached hydrogens (primary N) is 1. The normalized spacial score (nSPS) is 12.7. The van der Waals surface area contributed by atoms with Crippen LogP contribution in [0.2, 0.25) is 0 Å². The summed E-state index contributed by atoms with van der Waals surface area (Å²) < 4.78 is 25.8. The van der Waals surface area contributed by atoms with Gasteiger partial charge in [-0.15, -0.1) is 0 Å². The van der Waals surface area contributed by atoms with E-state index in [1.807, 2.05) is 0 Å². The van der Waals surface area contributed by atoms with Crippen molar-refractivity contribution in [2.24, 2.45) is 5.73 Å². The average Bonchev–Trinajstić information content (AvgIpc) is 2.36. The third-order valence-corrected chi connectivity index (χ3v) is 3.24. The van der Waals surface area contributed by atoms with Gasteiger partial charge in [0, 0.05) is 6.04 Å². The van der Waals surface area contributed by atoms with Gasteiger partial charge in [-0.05, 0) is 24.1 Å². The summed E-state index contributed by atoms with van der Waals surface area (Å²) in [6.45, 7) is 2.19. The third-order valence-electron chi connectivity index (χ3n) is 3.24. The Morgan fingerprint density at radius 3 is 2.33 bits per heavy atom. The van der Waals surface area contributed by atoms with Gasteiger partial charge in [-0.2, -0.15) is 0 Å². The van der Waals surface area contributed by atoms with Crippen LogP contribution in [0.25, 0.3) is 0 Å². The van der Waals surface area contributed by atoms with E-state index in [9.17, 15) is 8.78 Å². The van der Waals surface area contributed by atoms with Crippen LogP contribution < -0.4 is 5.73 Å². The lowest BCUT2D eigenvalue weighted by atomic mass is 10.0. The van der Waals surface area contributed by atoms with Crippen molar-refractivity contribution in [3.05, 3.63) is 35.4 Å². The molecular formula is C15H23F2N. The van der Waals surface area contributed by atoms with Gasteiger partial charge in [0.2, 0.25) is 0 Å². The third kappa shape index (κ3) is 5.13. The van der Waals surface area contributed by atoms with Crippen LogP contribution in [-0.2, 0) is 0 Å². The van der Waals surface area contributed by atoms with Crippen molar-refractivity contribution in [2.45, 2.75) is 57.9 Å². The molecule has 0 aromatic heterocycles. The standard InChI is InChI=1S/C15H23F2N/c1-2-3-4-5-6-7-8-15(18)12-9-10-13(16)14(17)11-12/h9-11,15H,2-8,18H2,1H3. The van der Waals surface area contributed by atoms with Gasteiger partial charge in [-0.25, -0.2) is 8.78 Å². The van der Waals surface area contributed by atoms with Crippen LogP contribution in [0.1, 0.15) is 63.5 Å². The Morgan fingerprint density at radius 2 is 1.67 bits per heavy atom. The van der Waals surface area contributed by atoms with E-state index in [2.05, 4.69) is 6.92 Å². The van der Waals surface area contributed by atoms with E-state index in [0.717, 1.165) is 25.3 Å². The number of halogens is 2. The molecule has 1 aromatic rings. The Hall–Kier alpha value is -0.960. The van der Waals surface area contributed by atoms with Crippen LogP contribution >= 0.6 is 0 Å². The molecular weight excluding hydrogens is 232 g/mol. The van der Waals surface area contributed by atoms with Gasteiger partial charge in [0.1, 0.15) is 0 Å². The van der Waals surface area contributed by atoms with Crippen LogP contribution in [-0.4, -0.2) is 0 Å². The summed E-state index contributed by atoms with van der Waals surface area (Å²) in [5.41, 5.74) is 6.65. The lowest BCUT2D eigenvalue weighted by Gasteiger charge is -2.12. The maximum Gasteiger partial charge on any atom is 0.159 e. The Balaban J connectivity index is 2.27. The molecule has 1 nitrogen and oxygen atoms in total. The van der Waals surface area contributed by atoms with Gasteiger partial charge in [0.15, 0.2) is 11.6 Å². The molecule has 102 valence electrons. The minimum atomic E-state index is -0.814. The van der Waals surface area contributed by atoms with E-state index in [4.69, 9.17) is 5.73 Å². The number of hydrogen-bond donors (Lipinski definition) is 1. The molecule has 18 heavy (non-hydrogen) atoms. The van der Waals surface area contributed by atoms with E-state index >= 15 is 0 Å². The average molecular weight is 255 g/mol. The van der Waals surface area contributed by atoms with Gasteiger partial charge >= 0.3 is 0 Å². The zero-order chi connectivity index (χ0) is 13.4. The summed E-state index contributed by atoms with van der Waals surface area (Å²) in [4.78, 5) is 0. The van der Waals surface area contributed by atoms with E-state index < -0.39 is 11.6 Å². The number of unbranched alkanes of at least 4 members (excludes halogenated alkanes) is 5. The first-order valence-corrected chi connectivity index (χ1v) is 6.85. The molecule has 0 aliphatic rings. The molecule has 0 aliphatic heterocycles. The molecule has 1 rings (SSSR count). The molecule has 1 aromatic carbocycles. The predicted octanol–water partition coefficient (Wildman–Crippen LogP) is 4.72. The largest absolute Gasteiger partial charge is 0.324 e. The van der Waals surface area contributed by atoms with E-state index in [0.29, 0.717) is 5.56 Å². The summed E-state index contributed by atoms with van der Waals surface area (Å²) in [6.07, 6.45) is 8.08. The molecule has 0 amide bonds. The molecule has 0 aliphatic carbocycles. The second-order valence-corrected chi connectivity index (χ2v) is 4.84. The van der Waals surface area contributed by atoms with Crippen molar-refractivity contribution >= 4 is 0 Å². The van der Waals surface area contributed by atoms with Crippen LogP contribution in [0.4, 0.5) is 8.78 Å². The summed E-state index contributed by atoms with van der Waals surface area (Å²) in [6, 6.07) is 3.73. The molecule has 0 spiro atoms. The molecule has 3 heteroatoms. The molecule has 1 unspecified atom stereocenters. The molecule has 1 atom stereocenters. The number of rotatable bonds is 8. The van der Waals surface area contributed by atoms with Gasteiger partial charge in [-0.1, -0.05) is 51.5 Å². The quantitative estimate of drug-likeness (QED) is 0.668. The lowest BCUT2D eigenvalue weighted by molar-refractivity contribution is 0.501. The minimum Gasteiger partial charge on any atom is -0.324 e. The molecule has 0 radical (unpaired) electrons. The first-order valence-electron chi connectivity index (χ1n) is 6.85. The Kier molecular flexibility index (Phi) is 6.88. The van der Waals surface area contributed by atoms with E-state index in [-0.39, 0.29) is 6.04 Å². The van der Waals surface area contributed by atoms with Crippen LogP contribution in [0.15, 0.2) is 18.2 Å². The topological polar surface area (TPSA) is 26.0 Å². The highest BCUT2D eigenvalue weighted by Crippen LogP contribution is 2.20. The van der Waals surface area contributed by atoms with Gasteiger partial charge in [0.25, 0.3) is 0 Å². The molecule has 0 fully saturated rings. The maximum atomic E-state index is 13.0. The van der Waals surface area contributed by atoms with Gasteiger partial charge in [0.05, 0.1) is 0 Å². The zero-order valence-electron chi connectivity index (χ0n) is 11.1. The van der Waals surface area contributed by atoms with Crippen molar-refractivity contribution in [3.63, 3.8) is 0 Å². The van der Waals surface area contributed by atoms with Gasteiger partial charge in [-0.3, -0.25) is 0 Å². The van der Waals surface area contributed by atoms with Crippen LogP contribution in [0.3, 0.4) is 0 Å². The highest BCUT2D eigenvalue weighted by molar-refractivity contribution is 5.20. The summed E-state index contributed by atoms with van der Waals surface area (Å²) in [5, 5.41) is 0. The molecule has 2 N–H and O–H groups in total. The molecule has 0 bridgehead atoms. The molecule has 0 saturated heterocycles. The van der Waals surface area contributed by atoms with Crippen molar-refractivity contribution in [3.8, 4) is 0 Å². The predicted molar refractivity (Wildman–Crippen MR) is 71.3 cm³/mol. The second kappa shape index (κ2) is 8.20. The smallest absolute Gasteiger partial charge is 0.159 e. The van der Waals surface area contributed by atoms with Gasteiger partial charge < -0.3 is 5.73 Å². The zero-order valence-corrected chi connectivity index (χ0v) is 11.1. The first kappa shape index (κ1) is 15.1. The monoisotopic (exact) mass is 255 g/mol. The van der Waals surface area contributed by atoms with E-state index in [1.54, 1.807) is 6.07 Å². The summed E-state index contributed by atoms with van der Waals surface area (Å²) >= 11 is 0. The maximum absolute atomic E-state index is 13.0. The second-order valence-electron chi connectivity index (χ2n) is 4.84. The lowest BCUT2D eigenvalue weighted by Crippen LogP contribution is -2.10.